The highest BCUT2D eigenvalue weighted by Gasteiger charge is 2.09. The minimum Gasteiger partial charge on any atom is -0.399 e. The first-order chi connectivity index (χ1) is 8.25. The molecule has 0 atom stereocenters. The number of nitrogens with zero attached hydrogens (tertiary/aromatic N) is 2. The van der Waals surface area contributed by atoms with Crippen molar-refractivity contribution in [1.82, 2.24) is 8.94 Å². The summed E-state index contributed by atoms with van der Waals surface area (Å²) in [6.45, 7) is 0. The van der Waals surface area contributed by atoms with E-state index in [1.165, 1.54) is 11.5 Å². The molecule has 1 aromatic carbocycles. The molecule has 0 aliphatic carbocycles. The molecule has 0 spiro atoms. The molecule has 0 aliphatic heterocycles. The zero-order chi connectivity index (χ0) is 11.8. The molecule has 5 heteroatoms. The molecule has 0 bridgehead atoms. The number of anilines is 1. The van der Waals surface area contributed by atoms with Crippen LogP contribution in [-0.2, 0) is 0 Å². The van der Waals surface area contributed by atoms with Crippen molar-refractivity contribution in [2.24, 2.45) is 0 Å². The second-order valence-electron chi connectivity index (χ2n) is 3.64. The predicted octanol–water partition coefficient (Wildman–Crippen LogP) is 2.03. The Morgan fingerprint density at radius 1 is 1.24 bits per heavy atom. The van der Waals surface area contributed by atoms with Crippen LogP contribution in [0.25, 0.3) is 15.9 Å². The summed E-state index contributed by atoms with van der Waals surface area (Å²) in [6.07, 6.45) is 1.68. The molecule has 2 N–H and O–H groups in total. The summed E-state index contributed by atoms with van der Waals surface area (Å²) < 4.78 is 1.61. The van der Waals surface area contributed by atoms with Crippen LogP contribution < -0.4 is 11.3 Å². The van der Waals surface area contributed by atoms with Crippen LogP contribution in [0.4, 0.5) is 5.69 Å². The topological polar surface area (TPSA) is 60.9 Å². The van der Waals surface area contributed by atoms with Crippen molar-refractivity contribution in [2.45, 2.75) is 0 Å². The number of pyridine rings is 1. The van der Waals surface area contributed by atoms with Gasteiger partial charge in [0.25, 0.3) is 5.56 Å². The second-order valence-corrected chi connectivity index (χ2v) is 4.58. The smallest absolute Gasteiger partial charge is 0.274 e. The molecular formula is C12H9N3OS. The van der Waals surface area contributed by atoms with Gasteiger partial charge in [0, 0.05) is 11.9 Å². The van der Waals surface area contributed by atoms with Crippen molar-refractivity contribution in [1.29, 1.82) is 0 Å². The third kappa shape index (κ3) is 1.60. The number of rotatable bonds is 1. The molecule has 0 aliphatic rings. The summed E-state index contributed by atoms with van der Waals surface area (Å²) in [7, 11) is 0. The Morgan fingerprint density at radius 3 is 2.88 bits per heavy atom. The number of fused-ring (bicyclic) bond motifs is 1. The number of nitrogen functional groups attached to an aromatic ring is 1. The number of hydrogen-bond donors (Lipinski definition) is 1. The van der Waals surface area contributed by atoms with Gasteiger partial charge in [-0.3, -0.25) is 4.79 Å². The van der Waals surface area contributed by atoms with Crippen LogP contribution in [0.1, 0.15) is 0 Å². The van der Waals surface area contributed by atoms with Crippen molar-refractivity contribution >= 4 is 27.4 Å². The van der Waals surface area contributed by atoms with E-state index in [2.05, 4.69) is 4.98 Å². The third-order valence-corrected chi connectivity index (χ3v) is 3.53. The van der Waals surface area contributed by atoms with Crippen LogP contribution in [-0.4, -0.2) is 8.94 Å². The first kappa shape index (κ1) is 10.0. The summed E-state index contributed by atoms with van der Waals surface area (Å²) in [5, 5.41) is 0.639. The Morgan fingerprint density at radius 2 is 2.12 bits per heavy atom. The molecule has 84 valence electrons. The lowest BCUT2D eigenvalue weighted by Gasteiger charge is -2.00. The van der Waals surface area contributed by atoms with Crippen LogP contribution in [0.2, 0.25) is 0 Å². The average Bonchev–Trinajstić information content (AvgIpc) is 2.68. The van der Waals surface area contributed by atoms with Gasteiger partial charge in [-0.15, -0.1) is 0 Å². The highest BCUT2D eigenvalue weighted by molar-refractivity contribution is 7.13. The summed E-state index contributed by atoms with van der Waals surface area (Å²) >= 11 is 1.32. The maximum Gasteiger partial charge on any atom is 0.274 e. The molecule has 2 heterocycles. The molecule has 0 amide bonds. The SMILES string of the molecule is Nc1cccc(-n2sc3ncccc3c2=O)c1. The molecule has 0 saturated heterocycles. The molecule has 4 nitrogen and oxygen atoms in total. The minimum absolute atomic E-state index is 0.0521. The molecule has 17 heavy (non-hydrogen) atoms. The molecule has 2 aromatic heterocycles. The van der Waals surface area contributed by atoms with E-state index in [9.17, 15) is 4.79 Å². The fraction of sp³-hybridized carbons (Fsp3) is 0. The Kier molecular flexibility index (Phi) is 2.19. The van der Waals surface area contributed by atoms with Gasteiger partial charge in [0.05, 0.1) is 11.1 Å². The van der Waals surface area contributed by atoms with Gasteiger partial charge in [0.1, 0.15) is 4.83 Å². The molecule has 0 saturated carbocycles. The largest absolute Gasteiger partial charge is 0.399 e. The first-order valence-electron chi connectivity index (χ1n) is 5.09. The Hall–Kier alpha value is -2.14. The number of nitrogens with two attached hydrogens (primary N) is 1. The third-order valence-electron chi connectivity index (χ3n) is 2.47. The summed E-state index contributed by atoms with van der Waals surface area (Å²) in [5.74, 6) is 0. The van der Waals surface area contributed by atoms with Gasteiger partial charge in [-0.05, 0) is 41.9 Å². The molecule has 3 rings (SSSR count). The fourth-order valence-electron chi connectivity index (χ4n) is 1.68. The Balaban J connectivity index is 2.31. The second kappa shape index (κ2) is 3.71. The summed E-state index contributed by atoms with van der Waals surface area (Å²) in [4.78, 5) is 17.0. The predicted molar refractivity (Wildman–Crippen MR) is 69.6 cm³/mol. The average molecular weight is 243 g/mol. The van der Waals surface area contributed by atoms with Crippen LogP contribution in [0.3, 0.4) is 0 Å². The van der Waals surface area contributed by atoms with E-state index in [4.69, 9.17) is 5.73 Å². The Labute approximate surface area is 101 Å². The van der Waals surface area contributed by atoms with Gasteiger partial charge in [-0.1, -0.05) is 6.07 Å². The molecule has 0 radical (unpaired) electrons. The fourth-order valence-corrected chi connectivity index (χ4v) is 2.62. The lowest BCUT2D eigenvalue weighted by atomic mass is 10.3. The van der Waals surface area contributed by atoms with E-state index >= 15 is 0 Å². The molecule has 0 fully saturated rings. The van der Waals surface area contributed by atoms with Crippen LogP contribution in [0.5, 0.6) is 0 Å². The number of benzene rings is 1. The van der Waals surface area contributed by atoms with E-state index in [0.29, 0.717) is 11.1 Å². The van der Waals surface area contributed by atoms with Gasteiger partial charge in [-0.25, -0.2) is 8.94 Å². The normalized spacial score (nSPS) is 10.8. The van der Waals surface area contributed by atoms with Gasteiger partial charge in [0.2, 0.25) is 0 Å². The molecular weight excluding hydrogens is 234 g/mol. The lowest BCUT2D eigenvalue weighted by Crippen LogP contribution is -2.10. The van der Waals surface area contributed by atoms with Crippen molar-refractivity contribution in [3.63, 3.8) is 0 Å². The lowest BCUT2D eigenvalue weighted by molar-refractivity contribution is 1.14. The number of hydrogen-bond acceptors (Lipinski definition) is 4. The van der Waals surface area contributed by atoms with Crippen molar-refractivity contribution in [3.8, 4) is 5.69 Å². The van der Waals surface area contributed by atoms with Gasteiger partial charge in [-0.2, -0.15) is 0 Å². The number of aromatic nitrogens is 2. The Bertz CT molecular complexity index is 745. The maximum absolute atomic E-state index is 12.1. The zero-order valence-electron chi connectivity index (χ0n) is 8.83. The van der Waals surface area contributed by atoms with E-state index in [-0.39, 0.29) is 5.56 Å². The van der Waals surface area contributed by atoms with Crippen molar-refractivity contribution in [2.75, 3.05) is 5.73 Å². The van der Waals surface area contributed by atoms with E-state index in [0.717, 1.165) is 10.5 Å². The standard InChI is InChI=1S/C12H9N3OS/c13-8-3-1-4-9(7-8)15-12(16)10-5-2-6-14-11(10)17-15/h1-7H,13H2. The maximum atomic E-state index is 12.1. The quantitative estimate of drug-likeness (QED) is 0.665. The van der Waals surface area contributed by atoms with Crippen molar-refractivity contribution < 1.29 is 0 Å². The van der Waals surface area contributed by atoms with Gasteiger partial charge >= 0.3 is 0 Å². The van der Waals surface area contributed by atoms with Crippen LogP contribution in [0.15, 0.2) is 47.4 Å². The van der Waals surface area contributed by atoms with Gasteiger partial charge in [0.15, 0.2) is 0 Å². The van der Waals surface area contributed by atoms with E-state index < -0.39 is 0 Å². The van der Waals surface area contributed by atoms with Crippen LogP contribution >= 0.6 is 11.5 Å². The highest BCUT2D eigenvalue weighted by atomic mass is 32.1. The molecule has 3 aromatic rings. The summed E-state index contributed by atoms with van der Waals surface area (Å²) in [5.41, 5.74) is 7.08. The molecule has 0 unspecified atom stereocenters. The minimum atomic E-state index is -0.0521. The van der Waals surface area contributed by atoms with E-state index in [1.807, 2.05) is 12.1 Å². The first-order valence-corrected chi connectivity index (χ1v) is 5.86. The zero-order valence-corrected chi connectivity index (χ0v) is 9.65. The van der Waals surface area contributed by atoms with E-state index in [1.54, 1.807) is 34.4 Å². The van der Waals surface area contributed by atoms with Crippen LogP contribution in [0, 0.1) is 0 Å². The highest BCUT2D eigenvalue weighted by Crippen LogP contribution is 2.18. The summed E-state index contributed by atoms with van der Waals surface area (Å²) in [6, 6.07) is 10.8. The van der Waals surface area contributed by atoms with Crippen molar-refractivity contribution in [3.05, 3.63) is 52.9 Å². The monoisotopic (exact) mass is 243 g/mol. The van der Waals surface area contributed by atoms with Gasteiger partial charge < -0.3 is 5.73 Å².